The van der Waals surface area contributed by atoms with Gasteiger partial charge in [-0.15, -0.1) is 0 Å². The highest BCUT2D eigenvalue weighted by molar-refractivity contribution is 4.81. The van der Waals surface area contributed by atoms with Gasteiger partial charge in [0.2, 0.25) is 0 Å². The smallest absolute Gasteiger partial charge is 0.0664 e. The van der Waals surface area contributed by atoms with E-state index in [0.717, 1.165) is 19.0 Å². The standard InChI is InChI=1S/C12H25NO/c1-2-3-4-5-6-7-12(14)10-13-11-8-9-11/h11-14H,2-10H2,1H3. The molecule has 0 aliphatic heterocycles. The zero-order valence-corrected chi connectivity index (χ0v) is 9.47. The van der Waals surface area contributed by atoms with Crippen molar-refractivity contribution in [1.29, 1.82) is 0 Å². The van der Waals surface area contributed by atoms with Crippen molar-refractivity contribution in [2.75, 3.05) is 6.54 Å². The maximum atomic E-state index is 9.62. The zero-order chi connectivity index (χ0) is 10.2. The number of aliphatic hydroxyl groups excluding tert-OH is 1. The fourth-order valence-electron chi connectivity index (χ4n) is 1.68. The van der Waals surface area contributed by atoms with E-state index in [0.29, 0.717) is 0 Å². The average molecular weight is 199 g/mol. The SMILES string of the molecule is CCCCCCCC(O)CNC1CC1. The van der Waals surface area contributed by atoms with Crippen molar-refractivity contribution in [1.82, 2.24) is 5.32 Å². The minimum absolute atomic E-state index is 0.114. The van der Waals surface area contributed by atoms with Crippen molar-refractivity contribution in [2.24, 2.45) is 0 Å². The molecule has 1 atom stereocenters. The largest absolute Gasteiger partial charge is 0.392 e. The van der Waals surface area contributed by atoms with E-state index < -0.39 is 0 Å². The lowest BCUT2D eigenvalue weighted by molar-refractivity contribution is 0.157. The minimum Gasteiger partial charge on any atom is -0.392 e. The monoisotopic (exact) mass is 199 g/mol. The topological polar surface area (TPSA) is 32.3 Å². The molecule has 1 saturated carbocycles. The first kappa shape index (κ1) is 12.0. The van der Waals surface area contributed by atoms with E-state index in [-0.39, 0.29) is 6.10 Å². The van der Waals surface area contributed by atoms with Crippen LogP contribution in [-0.2, 0) is 0 Å². The molecular formula is C12H25NO. The van der Waals surface area contributed by atoms with Crippen LogP contribution in [0.15, 0.2) is 0 Å². The van der Waals surface area contributed by atoms with Gasteiger partial charge in [0, 0.05) is 12.6 Å². The van der Waals surface area contributed by atoms with Crippen LogP contribution >= 0.6 is 0 Å². The molecule has 2 N–H and O–H groups in total. The molecule has 0 radical (unpaired) electrons. The molecule has 1 aliphatic carbocycles. The van der Waals surface area contributed by atoms with Gasteiger partial charge in [-0.2, -0.15) is 0 Å². The second kappa shape index (κ2) is 7.24. The van der Waals surface area contributed by atoms with Crippen LogP contribution in [0.25, 0.3) is 0 Å². The lowest BCUT2D eigenvalue weighted by atomic mass is 10.1. The highest BCUT2D eigenvalue weighted by Crippen LogP contribution is 2.18. The Balaban J connectivity index is 1.79. The maximum absolute atomic E-state index is 9.62. The Bertz CT molecular complexity index is 134. The molecule has 0 spiro atoms. The number of hydrogen-bond acceptors (Lipinski definition) is 2. The Labute approximate surface area is 88.1 Å². The Morgan fingerprint density at radius 1 is 1.21 bits per heavy atom. The molecule has 0 aromatic heterocycles. The van der Waals surface area contributed by atoms with Gasteiger partial charge in [-0.1, -0.05) is 39.0 Å². The van der Waals surface area contributed by atoms with E-state index in [1.807, 2.05) is 0 Å². The summed E-state index contributed by atoms with van der Waals surface area (Å²) in [7, 11) is 0. The normalized spacial score (nSPS) is 18.4. The van der Waals surface area contributed by atoms with Crippen molar-refractivity contribution in [2.45, 2.75) is 70.4 Å². The molecule has 14 heavy (non-hydrogen) atoms. The lowest BCUT2D eigenvalue weighted by Crippen LogP contribution is -2.28. The molecule has 1 unspecified atom stereocenters. The van der Waals surface area contributed by atoms with Gasteiger partial charge >= 0.3 is 0 Å². The number of rotatable bonds is 9. The maximum Gasteiger partial charge on any atom is 0.0664 e. The third-order valence-electron chi connectivity index (χ3n) is 2.86. The number of nitrogens with one attached hydrogen (secondary N) is 1. The van der Waals surface area contributed by atoms with Gasteiger partial charge in [0.1, 0.15) is 0 Å². The molecule has 84 valence electrons. The molecule has 2 nitrogen and oxygen atoms in total. The Morgan fingerprint density at radius 2 is 1.93 bits per heavy atom. The first-order valence-electron chi connectivity index (χ1n) is 6.24. The summed E-state index contributed by atoms with van der Waals surface area (Å²) in [5.41, 5.74) is 0. The highest BCUT2D eigenvalue weighted by atomic mass is 16.3. The molecule has 0 aromatic rings. The second-order valence-corrected chi connectivity index (χ2v) is 4.54. The Kier molecular flexibility index (Phi) is 6.20. The van der Waals surface area contributed by atoms with Gasteiger partial charge in [0.05, 0.1) is 6.10 Å². The van der Waals surface area contributed by atoms with Crippen molar-refractivity contribution in [3.05, 3.63) is 0 Å². The van der Waals surface area contributed by atoms with Crippen LogP contribution < -0.4 is 5.32 Å². The van der Waals surface area contributed by atoms with Crippen LogP contribution in [0, 0.1) is 0 Å². The Hall–Kier alpha value is -0.0800. The second-order valence-electron chi connectivity index (χ2n) is 4.54. The molecule has 1 aliphatic rings. The molecular weight excluding hydrogens is 174 g/mol. The van der Waals surface area contributed by atoms with Crippen LogP contribution in [0.4, 0.5) is 0 Å². The zero-order valence-electron chi connectivity index (χ0n) is 9.47. The van der Waals surface area contributed by atoms with Gasteiger partial charge in [-0.3, -0.25) is 0 Å². The predicted molar refractivity (Wildman–Crippen MR) is 60.4 cm³/mol. The quantitative estimate of drug-likeness (QED) is 0.559. The summed E-state index contributed by atoms with van der Waals surface area (Å²) >= 11 is 0. The summed E-state index contributed by atoms with van der Waals surface area (Å²) in [5.74, 6) is 0. The summed E-state index contributed by atoms with van der Waals surface area (Å²) in [5, 5.41) is 13.0. The summed E-state index contributed by atoms with van der Waals surface area (Å²) in [6, 6.07) is 0.727. The van der Waals surface area contributed by atoms with Gasteiger partial charge in [0.15, 0.2) is 0 Å². The average Bonchev–Trinajstić information content (AvgIpc) is 2.98. The first-order valence-corrected chi connectivity index (χ1v) is 6.24. The van der Waals surface area contributed by atoms with Crippen LogP contribution in [0.5, 0.6) is 0 Å². The summed E-state index contributed by atoms with van der Waals surface area (Å²) in [6.07, 6.45) is 9.93. The molecule has 0 aromatic carbocycles. The number of unbranched alkanes of at least 4 members (excludes halogenated alkanes) is 4. The summed E-state index contributed by atoms with van der Waals surface area (Å²) in [6.45, 7) is 3.03. The van der Waals surface area contributed by atoms with Crippen LogP contribution in [0.3, 0.4) is 0 Å². The van der Waals surface area contributed by atoms with Gasteiger partial charge in [0.25, 0.3) is 0 Å². The van der Waals surface area contributed by atoms with Crippen LogP contribution in [-0.4, -0.2) is 23.8 Å². The molecule has 0 saturated heterocycles. The third kappa shape index (κ3) is 6.39. The van der Waals surface area contributed by atoms with Gasteiger partial charge in [-0.05, 0) is 19.3 Å². The number of aliphatic hydroxyl groups is 1. The molecule has 1 fully saturated rings. The Morgan fingerprint density at radius 3 is 2.57 bits per heavy atom. The molecule has 2 heteroatoms. The third-order valence-corrected chi connectivity index (χ3v) is 2.86. The molecule has 1 rings (SSSR count). The molecule has 0 amide bonds. The molecule has 0 heterocycles. The minimum atomic E-state index is -0.114. The fraction of sp³-hybridized carbons (Fsp3) is 1.00. The van der Waals surface area contributed by atoms with E-state index in [2.05, 4.69) is 12.2 Å². The van der Waals surface area contributed by atoms with Gasteiger partial charge < -0.3 is 10.4 Å². The summed E-state index contributed by atoms with van der Waals surface area (Å²) < 4.78 is 0. The summed E-state index contributed by atoms with van der Waals surface area (Å²) in [4.78, 5) is 0. The van der Waals surface area contributed by atoms with Crippen molar-refractivity contribution in [3.8, 4) is 0 Å². The van der Waals surface area contributed by atoms with E-state index in [9.17, 15) is 5.11 Å². The predicted octanol–water partition coefficient (Wildman–Crippen LogP) is 2.46. The van der Waals surface area contributed by atoms with E-state index >= 15 is 0 Å². The van der Waals surface area contributed by atoms with Crippen LogP contribution in [0.2, 0.25) is 0 Å². The van der Waals surface area contributed by atoms with Crippen molar-refractivity contribution >= 4 is 0 Å². The van der Waals surface area contributed by atoms with Crippen LogP contribution in [0.1, 0.15) is 58.3 Å². The highest BCUT2D eigenvalue weighted by Gasteiger charge is 2.20. The van der Waals surface area contributed by atoms with E-state index in [1.54, 1.807) is 0 Å². The fourth-order valence-corrected chi connectivity index (χ4v) is 1.68. The van der Waals surface area contributed by atoms with Crippen molar-refractivity contribution in [3.63, 3.8) is 0 Å². The van der Waals surface area contributed by atoms with Gasteiger partial charge in [-0.25, -0.2) is 0 Å². The van der Waals surface area contributed by atoms with E-state index in [1.165, 1.54) is 44.9 Å². The van der Waals surface area contributed by atoms with E-state index in [4.69, 9.17) is 0 Å². The lowest BCUT2D eigenvalue weighted by Gasteiger charge is -2.10. The number of hydrogen-bond donors (Lipinski definition) is 2. The molecule has 0 bridgehead atoms. The van der Waals surface area contributed by atoms with Crippen molar-refractivity contribution < 1.29 is 5.11 Å². The first-order chi connectivity index (χ1) is 6.83.